The molecule has 1 heterocycles. The van der Waals surface area contributed by atoms with Gasteiger partial charge in [-0.2, -0.15) is 0 Å². The lowest BCUT2D eigenvalue weighted by Gasteiger charge is -2.39. The Kier molecular flexibility index (Phi) is 5.25. The zero-order chi connectivity index (χ0) is 15.6. The van der Waals surface area contributed by atoms with Gasteiger partial charge in [0, 0.05) is 38.1 Å². The van der Waals surface area contributed by atoms with Crippen molar-refractivity contribution < 1.29 is 14.7 Å². The molecule has 2 unspecified atom stereocenters. The van der Waals surface area contributed by atoms with E-state index in [-0.39, 0.29) is 17.7 Å². The van der Waals surface area contributed by atoms with Crippen LogP contribution in [0.15, 0.2) is 0 Å². The topological polar surface area (TPSA) is 60.9 Å². The van der Waals surface area contributed by atoms with Crippen molar-refractivity contribution >= 4 is 11.9 Å². The highest BCUT2D eigenvalue weighted by atomic mass is 16.4. The van der Waals surface area contributed by atoms with Crippen LogP contribution >= 0.6 is 0 Å². The summed E-state index contributed by atoms with van der Waals surface area (Å²) in [6, 6.07) is 0.884. The lowest BCUT2D eigenvalue weighted by atomic mass is 9.99. The van der Waals surface area contributed by atoms with Crippen molar-refractivity contribution in [2.45, 2.75) is 58.0 Å². The molecule has 120 valence electrons. The van der Waals surface area contributed by atoms with Crippen LogP contribution in [0.1, 0.15) is 46.0 Å². The summed E-state index contributed by atoms with van der Waals surface area (Å²) in [5, 5.41) is 9.05. The number of nitrogens with zero attached hydrogens (tertiary/aromatic N) is 2. The first-order valence-corrected chi connectivity index (χ1v) is 8.13. The summed E-state index contributed by atoms with van der Waals surface area (Å²) in [5.41, 5.74) is 0. The van der Waals surface area contributed by atoms with Crippen LogP contribution < -0.4 is 0 Å². The second kappa shape index (κ2) is 6.77. The Morgan fingerprint density at radius 1 is 1.10 bits per heavy atom. The molecule has 0 bridgehead atoms. The summed E-state index contributed by atoms with van der Waals surface area (Å²) >= 11 is 0. The van der Waals surface area contributed by atoms with Crippen LogP contribution in [0, 0.1) is 11.8 Å². The number of aliphatic carboxylic acids is 1. The van der Waals surface area contributed by atoms with E-state index >= 15 is 0 Å². The van der Waals surface area contributed by atoms with Gasteiger partial charge in [0.05, 0.1) is 5.92 Å². The van der Waals surface area contributed by atoms with E-state index in [4.69, 9.17) is 5.11 Å². The molecule has 2 aliphatic rings. The third kappa shape index (κ3) is 3.76. The molecule has 5 heteroatoms. The molecule has 21 heavy (non-hydrogen) atoms. The first-order valence-electron chi connectivity index (χ1n) is 8.13. The quantitative estimate of drug-likeness (QED) is 0.859. The Bertz CT molecular complexity index is 389. The average Bonchev–Trinajstić information content (AvgIpc) is 2.96. The minimum atomic E-state index is -0.752. The van der Waals surface area contributed by atoms with Gasteiger partial charge in [0.1, 0.15) is 0 Å². The number of carbonyl (C=O) groups is 2. The minimum absolute atomic E-state index is 0.0840. The van der Waals surface area contributed by atoms with E-state index < -0.39 is 5.97 Å². The Hall–Kier alpha value is -1.10. The second-order valence-electron chi connectivity index (χ2n) is 6.86. The molecule has 0 radical (unpaired) electrons. The van der Waals surface area contributed by atoms with Gasteiger partial charge in [-0.3, -0.25) is 9.59 Å². The molecule has 0 spiro atoms. The van der Waals surface area contributed by atoms with E-state index in [1.165, 1.54) is 0 Å². The summed E-state index contributed by atoms with van der Waals surface area (Å²) < 4.78 is 0. The van der Waals surface area contributed by atoms with Gasteiger partial charge in [-0.05, 0) is 46.0 Å². The predicted octanol–water partition coefficient (Wildman–Crippen LogP) is 1.82. The summed E-state index contributed by atoms with van der Waals surface area (Å²) in [7, 11) is 1.89. The van der Waals surface area contributed by atoms with Gasteiger partial charge in [-0.15, -0.1) is 0 Å². The number of carboxylic acid groups (broad SMARTS) is 1. The molecule has 0 aromatic rings. The number of likely N-dealkylation sites (tertiary alicyclic amines) is 1. The fourth-order valence-electron chi connectivity index (χ4n) is 3.69. The first-order chi connectivity index (χ1) is 9.90. The molecule has 1 aliphatic heterocycles. The van der Waals surface area contributed by atoms with Crippen molar-refractivity contribution in [1.29, 1.82) is 0 Å². The number of hydrogen-bond acceptors (Lipinski definition) is 3. The van der Waals surface area contributed by atoms with E-state index in [1.807, 2.05) is 11.9 Å². The minimum Gasteiger partial charge on any atom is -0.481 e. The maximum atomic E-state index is 12.5. The van der Waals surface area contributed by atoms with Crippen LogP contribution in [-0.4, -0.2) is 59.0 Å². The van der Waals surface area contributed by atoms with Crippen LogP contribution in [0.5, 0.6) is 0 Å². The van der Waals surface area contributed by atoms with Gasteiger partial charge in [-0.1, -0.05) is 0 Å². The zero-order valence-electron chi connectivity index (χ0n) is 13.4. The molecule has 2 rings (SSSR count). The highest BCUT2D eigenvalue weighted by molar-refractivity contribution is 5.81. The lowest BCUT2D eigenvalue weighted by molar-refractivity contribution is -0.142. The Labute approximate surface area is 127 Å². The normalized spacial score (nSPS) is 28.0. The Morgan fingerprint density at radius 3 is 2.14 bits per heavy atom. The van der Waals surface area contributed by atoms with Crippen LogP contribution in [0.4, 0.5) is 0 Å². The molecule has 0 aromatic heterocycles. The Morgan fingerprint density at radius 2 is 1.67 bits per heavy atom. The molecule has 1 amide bonds. The van der Waals surface area contributed by atoms with Crippen molar-refractivity contribution in [2.24, 2.45) is 11.8 Å². The highest BCUT2D eigenvalue weighted by Gasteiger charge is 2.37. The van der Waals surface area contributed by atoms with Crippen molar-refractivity contribution in [2.75, 3.05) is 20.1 Å². The van der Waals surface area contributed by atoms with E-state index in [9.17, 15) is 9.59 Å². The number of amides is 1. The molecular formula is C16H28N2O3. The summed E-state index contributed by atoms with van der Waals surface area (Å²) in [4.78, 5) is 27.9. The maximum absolute atomic E-state index is 12.5. The predicted molar refractivity (Wildman–Crippen MR) is 81.0 cm³/mol. The SMILES string of the molecule is CC(C)N1CCC(N(C)C(=O)C2CCC(C(=O)O)C2)CC1. The van der Waals surface area contributed by atoms with Gasteiger partial charge in [0.15, 0.2) is 0 Å². The fraction of sp³-hybridized carbons (Fsp3) is 0.875. The fourth-order valence-corrected chi connectivity index (χ4v) is 3.69. The van der Waals surface area contributed by atoms with Crippen LogP contribution in [-0.2, 0) is 9.59 Å². The highest BCUT2D eigenvalue weighted by Crippen LogP contribution is 2.33. The largest absolute Gasteiger partial charge is 0.481 e. The van der Waals surface area contributed by atoms with Crippen LogP contribution in [0.25, 0.3) is 0 Å². The molecule has 0 aromatic carbocycles. The molecule has 2 fully saturated rings. The standard InChI is InChI=1S/C16H28N2O3/c1-11(2)18-8-6-14(7-9-18)17(3)15(19)12-4-5-13(10-12)16(20)21/h11-14H,4-10H2,1-3H3,(H,20,21). The molecule has 1 N–H and O–H groups in total. The van der Waals surface area contributed by atoms with E-state index in [0.29, 0.717) is 24.9 Å². The maximum Gasteiger partial charge on any atom is 0.306 e. The lowest BCUT2D eigenvalue weighted by Crippen LogP contribution is -2.48. The van der Waals surface area contributed by atoms with Gasteiger partial charge in [0.25, 0.3) is 0 Å². The number of carboxylic acids is 1. The average molecular weight is 296 g/mol. The molecule has 1 aliphatic carbocycles. The van der Waals surface area contributed by atoms with Crippen molar-refractivity contribution in [3.63, 3.8) is 0 Å². The van der Waals surface area contributed by atoms with Crippen LogP contribution in [0.2, 0.25) is 0 Å². The number of piperidine rings is 1. The van der Waals surface area contributed by atoms with E-state index in [1.54, 1.807) is 0 Å². The summed E-state index contributed by atoms with van der Waals surface area (Å²) in [5.74, 6) is -1.01. The number of hydrogen-bond donors (Lipinski definition) is 1. The van der Waals surface area contributed by atoms with Crippen molar-refractivity contribution in [3.8, 4) is 0 Å². The van der Waals surface area contributed by atoms with Crippen LogP contribution in [0.3, 0.4) is 0 Å². The smallest absolute Gasteiger partial charge is 0.306 e. The number of rotatable bonds is 4. The van der Waals surface area contributed by atoms with E-state index in [0.717, 1.165) is 32.4 Å². The second-order valence-corrected chi connectivity index (χ2v) is 6.86. The molecular weight excluding hydrogens is 268 g/mol. The molecule has 1 saturated carbocycles. The summed E-state index contributed by atoms with van der Waals surface area (Å²) in [6.45, 7) is 6.50. The van der Waals surface area contributed by atoms with Gasteiger partial charge in [-0.25, -0.2) is 0 Å². The molecule has 1 saturated heterocycles. The first kappa shape index (κ1) is 16.3. The third-order valence-corrected chi connectivity index (χ3v) is 5.26. The van der Waals surface area contributed by atoms with Gasteiger partial charge < -0.3 is 14.9 Å². The van der Waals surface area contributed by atoms with Crippen molar-refractivity contribution in [1.82, 2.24) is 9.80 Å². The zero-order valence-corrected chi connectivity index (χ0v) is 13.4. The number of carbonyl (C=O) groups excluding carboxylic acids is 1. The van der Waals surface area contributed by atoms with Gasteiger partial charge in [0.2, 0.25) is 5.91 Å². The van der Waals surface area contributed by atoms with Crippen molar-refractivity contribution in [3.05, 3.63) is 0 Å². The Balaban J connectivity index is 1.85. The van der Waals surface area contributed by atoms with Gasteiger partial charge >= 0.3 is 5.97 Å². The molecule has 5 nitrogen and oxygen atoms in total. The third-order valence-electron chi connectivity index (χ3n) is 5.26. The summed E-state index contributed by atoms with van der Waals surface area (Å²) in [6.07, 6.45) is 3.94. The molecule has 2 atom stereocenters. The van der Waals surface area contributed by atoms with E-state index in [2.05, 4.69) is 18.7 Å². The monoisotopic (exact) mass is 296 g/mol.